The van der Waals surface area contributed by atoms with E-state index in [4.69, 9.17) is 5.11 Å². The lowest BCUT2D eigenvalue weighted by Gasteiger charge is -2.31. The second-order valence-electron chi connectivity index (χ2n) is 5.70. The average Bonchev–Trinajstić information content (AvgIpc) is 2.79. The number of piperidine rings is 1. The fourth-order valence-electron chi connectivity index (χ4n) is 3.01. The topological polar surface area (TPSA) is 108 Å². The molecule has 0 radical (unpaired) electrons. The molecule has 7 heteroatoms. The Bertz CT molecular complexity index is 394. The first kappa shape index (κ1) is 14.6. The zero-order chi connectivity index (χ0) is 14.6. The van der Waals surface area contributed by atoms with Crippen LogP contribution in [0.4, 0.5) is 4.79 Å². The smallest absolute Gasteiger partial charge is 0.315 e. The third-order valence-corrected chi connectivity index (χ3v) is 4.03. The first-order valence-corrected chi connectivity index (χ1v) is 7.06. The van der Waals surface area contributed by atoms with Crippen molar-refractivity contribution < 1.29 is 19.5 Å². The summed E-state index contributed by atoms with van der Waals surface area (Å²) in [6.07, 6.45) is 4.26. The number of hydrogen-bond acceptors (Lipinski definition) is 3. The van der Waals surface area contributed by atoms with Gasteiger partial charge in [-0.1, -0.05) is 12.8 Å². The monoisotopic (exact) mass is 283 g/mol. The summed E-state index contributed by atoms with van der Waals surface area (Å²) < 4.78 is 0. The first-order chi connectivity index (χ1) is 9.49. The summed E-state index contributed by atoms with van der Waals surface area (Å²) in [5.41, 5.74) is -0.617. The van der Waals surface area contributed by atoms with Gasteiger partial charge in [-0.3, -0.25) is 9.59 Å². The standard InChI is InChI=1S/C13H21N3O4/c17-10-4-3-9(8-14-10)15-12(20)16-13(7-11(18)19)5-1-2-6-13/h9H,1-8H2,(H,14,17)(H,18,19)(H2,15,16,20). The van der Waals surface area contributed by atoms with Crippen LogP contribution in [-0.2, 0) is 9.59 Å². The molecule has 0 bridgehead atoms. The molecule has 20 heavy (non-hydrogen) atoms. The summed E-state index contributed by atoms with van der Waals surface area (Å²) in [4.78, 5) is 34.0. The fourth-order valence-corrected chi connectivity index (χ4v) is 3.01. The van der Waals surface area contributed by atoms with Gasteiger partial charge in [0.25, 0.3) is 0 Å². The van der Waals surface area contributed by atoms with Gasteiger partial charge in [0.05, 0.1) is 12.0 Å². The van der Waals surface area contributed by atoms with E-state index in [-0.39, 0.29) is 24.4 Å². The van der Waals surface area contributed by atoms with Gasteiger partial charge in [-0.05, 0) is 19.3 Å². The van der Waals surface area contributed by atoms with Crippen molar-refractivity contribution >= 4 is 17.9 Å². The molecule has 2 rings (SSSR count). The minimum atomic E-state index is -0.892. The molecule has 2 aliphatic rings. The van der Waals surface area contributed by atoms with Crippen molar-refractivity contribution in [2.45, 2.75) is 56.5 Å². The van der Waals surface area contributed by atoms with Gasteiger partial charge in [-0.15, -0.1) is 0 Å². The molecule has 0 aromatic rings. The van der Waals surface area contributed by atoms with Crippen molar-refractivity contribution in [2.24, 2.45) is 0 Å². The summed E-state index contributed by atoms with van der Waals surface area (Å²) in [6, 6.07) is -0.426. The van der Waals surface area contributed by atoms with Gasteiger partial charge in [0.15, 0.2) is 0 Å². The zero-order valence-electron chi connectivity index (χ0n) is 11.4. The fraction of sp³-hybridized carbons (Fsp3) is 0.769. The van der Waals surface area contributed by atoms with E-state index in [0.29, 0.717) is 32.2 Å². The quantitative estimate of drug-likeness (QED) is 0.597. The Morgan fingerprint density at radius 2 is 2.05 bits per heavy atom. The molecule has 4 N–H and O–H groups in total. The third kappa shape index (κ3) is 3.85. The predicted octanol–water partition coefficient (Wildman–Crippen LogP) is 0.352. The van der Waals surface area contributed by atoms with Crippen LogP contribution in [0.15, 0.2) is 0 Å². The largest absolute Gasteiger partial charge is 0.481 e. The number of amides is 3. The number of rotatable bonds is 4. The summed E-state index contributed by atoms with van der Waals surface area (Å²) >= 11 is 0. The SMILES string of the molecule is O=C(O)CC1(NC(=O)NC2CCC(=O)NC2)CCCC1. The molecule has 1 aliphatic heterocycles. The minimum absolute atomic E-state index is 0.00148. The molecule has 7 nitrogen and oxygen atoms in total. The Labute approximate surface area is 117 Å². The number of hydrogen-bond donors (Lipinski definition) is 4. The highest BCUT2D eigenvalue weighted by Gasteiger charge is 2.37. The molecule has 2 fully saturated rings. The number of aliphatic carboxylic acids is 1. The number of carbonyl (C=O) groups is 3. The Morgan fingerprint density at radius 3 is 2.60 bits per heavy atom. The average molecular weight is 283 g/mol. The highest BCUT2D eigenvalue weighted by Crippen LogP contribution is 2.32. The molecule has 1 atom stereocenters. The molecule has 112 valence electrons. The number of nitrogens with one attached hydrogen (secondary N) is 3. The van der Waals surface area contributed by atoms with Crippen molar-refractivity contribution in [1.29, 1.82) is 0 Å². The molecule has 1 saturated heterocycles. The first-order valence-electron chi connectivity index (χ1n) is 7.06. The summed E-state index contributed by atoms with van der Waals surface area (Å²) in [7, 11) is 0. The Balaban J connectivity index is 1.85. The van der Waals surface area contributed by atoms with Gasteiger partial charge in [0.1, 0.15) is 0 Å². The highest BCUT2D eigenvalue weighted by atomic mass is 16.4. The number of carboxylic acid groups (broad SMARTS) is 1. The van der Waals surface area contributed by atoms with E-state index in [1.807, 2.05) is 0 Å². The second kappa shape index (κ2) is 6.11. The Kier molecular flexibility index (Phi) is 4.46. The zero-order valence-corrected chi connectivity index (χ0v) is 11.4. The van der Waals surface area contributed by atoms with Gasteiger partial charge >= 0.3 is 12.0 Å². The van der Waals surface area contributed by atoms with E-state index in [1.165, 1.54) is 0 Å². The Morgan fingerprint density at radius 1 is 1.35 bits per heavy atom. The summed E-state index contributed by atoms with van der Waals surface area (Å²) in [6.45, 7) is 0.429. The number of urea groups is 1. The maximum Gasteiger partial charge on any atom is 0.315 e. The van der Waals surface area contributed by atoms with Crippen LogP contribution in [0.3, 0.4) is 0 Å². The van der Waals surface area contributed by atoms with Crippen molar-refractivity contribution in [3.8, 4) is 0 Å². The van der Waals surface area contributed by atoms with Crippen LogP contribution < -0.4 is 16.0 Å². The van der Waals surface area contributed by atoms with Crippen LogP contribution in [-0.4, -0.2) is 41.1 Å². The lowest BCUT2D eigenvalue weighted by Crippen LogP contribution is -2.56. The highest BCUT2D eigenvalue weighted by molar-refractivity contribution is 5.79. The van der Waals surface area contributed by atoms with Crippen LogP contribution in [0.5, 0.6) is 0 Å². The molecular formula is C13H21N3O4. The van der Waals surface area contributed by atoms with E-state index in [1.54, 1.807) is 0 Å². The van der Waals surface area contributed by atoms with Gasteiger partial charge in [0.2, 0.25) is 5.91 Å². The van der Waals surface area contributed by atoms with Gasteiger partial charge < -0.3 is 21.1 Å². The van der Waals surface area contributed by atoms with Crippen LogP contribution in [0.1, 0.15) is 44.9 Å². The van der Waals surface area contributed by atoms with Gasteiger partial charge in [-0.25, -0.2) is 4.79 Å². The van der Waals surface area contributed by atoms with Crippen LogP contribution in [0.25, 0.3) is 0 Å². The van der Waals surface area contributed by atoms with Gasteiger partial charge in [-0.2, -0.15) is 0 Å². The lowest BCUT2D eigenvalue weighted by molar-refractivity contribution is -0.138. The molecular weight excluding hydrogens is 262 g/mol. The molecule has 1 saturated carbocycles. The van der Waals surface area contributed by atoms with E-state index in [0.717, 1.165) is 12.8 Å². The van der Waals surface area contributed by atoms with Crippen LogP contribution in [0.2, 0.25) is 0 Å². The van der Waals surface area contributed by atoms with Crippen molar-refractivity contribution in [2.75, 3.05) is 6.54 Å². The van der Waals surface area contributed by atoms with E-state index >= 15 is 0 Å². The molecule has 3 amide bonds. The molecule has 1 unspecified atom stereocenters. The van der Waals surface area contributed by atoms with Crippen molar-refractivity contribution in [3.63, 3.8) is 0 Å². The predicted molar refractivity (Wildman–Crippen MR) is 71.2 cm³/mol. The van der Waals surface area contributed by atoms with E-state index < -0.39 is 11.5 Å². The van der Waals surface area contributed by atoms with Crippen molar-refractivity contribution in [1.82, 2.24) is 16.0 Å². The van der Waals surface area contributed by atoms with Crippen LogP contribution >= 0.6 is 0 Å². The number of carbonyl (C=O) groups excluding carboxylic acids is 2. The maximum atomic E-state index is 12.0. The van der Waals surface area contributed by atoms with Gasteiger partial charge in [0, 0.05) is 19.0 Å². The summed E-state index contributed by atoms with van der Waals surface area (Å²) in [5.74, 6) is -0.890. The minimum Gasteiger partial charge on any atom is -0.481 e. The van der Waals surface area contributed by atoms with E-state index in [9.17, 15) is 14.4 Å². The van der Waals surface area contributed by atoms with E-state index in [2.05, 4.69) is 16.0 Å². The van der Waals surface area contributed by atoms with Crippen LogP contribution in [0, 0.1) is 0 Å². The summed E-state index contributed by atoms with van der Waals surface area (Å²) in [5, 5.41) is 17.3. The maximum absolute atomic E-state index is 12.0. The normalized spacial score (nSPS) is 24.8. The Hall–Kier alpha value is -1.79. The number of carboxylic acids is 1. The molecule has 0 aromatic carbocycles. The molecule has 1 aliphatic carbocycles. The van der Waals surface area contributed by atoms with Crippen molar-refractivity contribution in [3.05, 3.63) is 0 Å². The second-order valence-corrected chi connectivity index (χ2v) is 5.70. The molecule has 0 aromatic heterocycles. The molecule has 0 spiro atoms. The molecule has 1 heterocycles. The third-order valence-electron chi connectivity index (χ3n) is 4.03. The lowest BCUT2D eigenvalue weighted by atomic mass is 9.93.